The summed E-state index contributed by atoms with van der Waals surface area (Å²) >= 11 is 0. The number of nitrogens with one attached hydrogen (secondary N) is 1. The highest BCUT2D eigenvalue weighted by Gasteiger charge is 2.13. The molecule has 0 aliphatic carbocycles. The van der Waals surface area contributed by atoms with Gasteiger partial charge in [-0.25, -0.2) is 10.0 Å². The first-order valence-corrected chi connectivity index (χ1v) is 9.11. The number of hydroxylamine groups is 2. The molecule has 0 atom stereocenters. The zero-order valence-corrected chi connectivity index (χ0v) is 16.1. The van der Waals surface area contributed by atoms with E-state index in [-0.39, 0.29) is 5.91 Å². The van der Waals surface area contributed by atoms with Crippen molar-refractivity contribution in [2.24, 2.45) is 0 Å². The Morgan fingerprint density at radius 1 is 1.21 bits per heavy atom. The lowest BCUT2D eigenvalue weighted by Gasteiger charge is -2.13. The van der Waals surface area contributed by atoms with Crippen molar-refractivity contribution in [3.63, 3.8) is 0 Å². The minimum Gasteiger partial charge on any atom is -0.494 e. The molecule has 0 radical (unpaired) electrons. The van der Waals surface area contributed by atoms with E-state index in [9.17, 15) is 4.79 Å². The molecule has 28 heavy (non-hydrogen) atoms. The van der Waals surface area contributed by atoms with Gasteiger partial charge in [0.15, 0.2) is 0 Å². The number of hydrogen-bond donors (Lipinski definition) is 1. The third kappa shape index (κ3) is 4.51. The third-order valence-electron chi connectivity index (χ3n) is 4.40. The first kappa shape index (κ1) is 19.5. The van der Waals surface area contributed by atoms with Gasteiger partial charge in [0, 0.05) is 24.6 Å². The van der Waals surface area contributed by atoms with Crippen molar-refractivity contribution in [1.82, 2.24) is 15.0 Å². The number of aromatic nitrogens is 2. The Morgan fingerprint density at radius 3 is 2.71 bits per heavy atom. The molecule has 2 aromatic carbocycles. The normalized spacial score (nSPS) is 10.6. The summed E-state index contributed by atoms with van der Waals surface area (Å²) in [7, 11) is 3.03. The number of ether oxygens (including phenoxy) is 1. The summed E-state index contributed by atoms with van der Waals surface area (Å²) in [5.41, 5.74) is 3.05. The van der Waals surface area contributed by atoms with Crippen molar-refractivity contribution >= 4 is 16.9 Å². The molecule has 1 amide bonds. The van der Waals surface area contributed by atoms with Crippen LogP contribution >= 0.6 is 0 Å². The van der Waals surface area contributed by atoms with Gasteiger partial charge in [0.2, 0.25) is 0 Å². The lowest BCUT2D eigenvalue weighted by atomic mass is 10.2. The summed E-state index contributed by atoms with van der Waals surface area (Å²) in [6, 6.07) is 13.1. The lowest BCUT2D eigenvalue weighted by molar-refractivity contribution is -0.0756. The van der Waals surface area contributed by atoms with Crippen molar-refractivity contribution < 1.29 is 14.4 Å². The molecule has 0 bridgehead atoms. The number of H-pyrrole nitrogens is 1. The molecule has 6 nitrogen and oxygen atoms in total. The maximum Gasteiger partial charge on any atom is 0.277 e. The van der Waals surface area contributed by atoms with Gasteiger partial charge in [-0.1, -0.05) is 0 Å². The second-order valence-corrected chi connectivity index (χ2v) is 6.34. The SMILES string of the molecule is C#CCCCCOc1ccc(-c2nc3ccc(C(=O)N(C)OC)cc3[nH]2)cc1. The Kier molecular flexibility index (Phi) is 6.30. The quantitative estimate of drug-likeness (QED) is 0.365. The molecule has 0 unspecified atom stereocenters. The molecule has 0 saturated carbocycles. The van der Waals surface area contributed by atoms with Crippen LogP contribution in [0.1, 0.15) is 29.6 Å². The molecule has 0 spiro atoms. The Bertz CT molecular complexity index is 986. The molecule has 144 valence electrons. The smallest absolute Gasteiger partial charge is 0.277 e. The summed E-state index contributed by atoms with van der Waals surface area (Å²) in [5.74, 6) is 3.96. The Balaban J connectivity index is 1.71. The van der Waals surface area contributed by atoms with E-state index in [4.69, 9.17) is 16.0 Å². The van der Waals surface area contributed by atoms with Crippen LogP contribution in [0.2, 0.25) is 0 Å². The van der Waals surface area contributed by atoms with E-state index < -0.39 is 0 Å². The van der Waals surface area contributed by atoms with Gasteiger partial charge in [0.05, 0.1) is 24.8 Å². The number of carbonyl (C=O) groups excluding carboxylic acids is 1. The molecule has 1 N–H and O–H groups in total. The molecular formula is C22H23N3O3. The second kappa shape index (κ2) is 9.07. The van der Waals surface area contributed by atoms with Crippen LogP contribution in [0.3, 0.4) is 0 Å². The Labute approximate surface area is 164 Å². The number of imidazole rings is 1. The van der Waals surface area contributed by atoms with Crippen molar-refractivity contribution in [1.29, 1.82) is 0 Å². The van der Waals surface area contributed by atoms with E-state index in [0.29, 0.717) is 12.2 Å². The standard InChI is InChI=1S/C22H23N3O3/c1-4-5-6-7-14-28-18-11-8-16(9-12-18)21-23-19-13-10-17(15-20(19)24-21)22(26)25(2)27-3/h1,8-13,15H,5-7,14H2,2-3H3,(H,23,24). The van der Waals surface area contributed by atoms with Crippen molar-refractivity contribution in [3.05, 3.63) is 48.0 Å². The number of nitrogens with zero attached hydrogens (tertiary/aromatic N) is 2. The fourth-order valence-electron chi connectivity index (χ4n) is 2.77. The van der Waals surface area contributed by atoms with Gasteiger partial charge in [-0.3, -0.25) is 9.63 Å². The first-order chi connectivity index (χ1) is 13.6. The van der Waals surface area contributed by atoms with E-state index >= 15 is 0 Å². The van der Waals surface area contributed by atoms with Gasteiger partial charge in [-0.2, -0.15) is 0 Å². The number of fused-ring (bicyclic) bond motifs is 1. The van der Waals surface area contributed by atoms with Crippen LogP contribution in [-0.4, -0.2) is 41.7 Å². The van der Waals surface area contributed by atoms with Crippen LogP contribution in [0, 0.1) is 12.3 Å². The number of carbonyl (C=O) groups is 1. The molecule has 3 rings (SSSR count). The fourth-order valence-corrected chi connectivity index (χ4v) is 2.77. The lowest BCUT2D eigenvalue weighted by Crippen LogP contribution is -2.25. The molecule has 3 aromatic rings. The topological polar surface area (TPSA) is 67.4 Å². The Hall–Kier alpha value is -3.30. The molecule has 1 heterocycles. The number of unbranched alkanes of at least 4 members (excludes halogenated alkanes) is 2. The van der Waals surface area contributed by atoms with E-state index in [1.54, 1.807) is 19.2 Å². The minimum atomic E-state index is -0.218. The van der Waals surface area contributed by atoms with Crippen LogP contribution < -0.4 is 4.74 Å². The number of hydrogen-bond acceptors (Lipinski definition) is 4. The van der Waals surface area contributed by atoms with E-state index in [0.717, 1.165) is 47.4 Å². The number of aromatic amines is 1. The fraction of sp³-hybridized carbons (Fsp3) is 0.273. The van der Waals surface area contributed by atoms with Gasteiger partial charge in [0.1, 0.15) is 11.6 Å². The zero-order valence-electron chi connectivity index (χ0n) is 16.1. The van der Waals surface area contributed by atoms with Crippen LogP contribution in [-0.2, 0) is 4.84 Å². The molecular weight excluding hydrogens is 354 g/mol. The molecule has 6 heteroatoms. The van der Waals surface area contributed by atoms with Gasteiger partial charge < -0.3 is 9.72 Å². The predicted molar refractivity (Wildman–Crippen MR) is 109 cm³/mol. The number of terminal acetylenes is 1. The van der Waals surface area contributed by atoms with Crippen LogP contribution in [0.5, 0.6) is 5.75 Å². The van der Waals surface area contributed by atoms with E-state index in [1.807, 2.05) is 30.3 Å². The largest absolute Gasteiger partial charge is 0.494 e. The summed E-state index contributed by atoms with van der Waals surface area (Å²) in [6.45, 7) is 0.651. The van der Waals surface area contributed by atoms with Crippen molar-refractivity contribution in [2.75, 3.05) is 20.8 Å². The zero-order chi connectivity index (χ0) is 19.9. The van der Waals surface area contributed by atoms with Gasteiger partial charge in [-0.05, 0) is 55.3 Å². The number of rotatable bonds is 8. The molecule has 0 saturated heterocycles. The maximum atomic E-state index is 12.2. The summed E-state index contributed by atoms with van der Waals surface area (Å²) in [4.78, 5) is 25.0. The third-order valence-corrected chi connectivity index (χ3v) is 4.40. The molecule has 0 aliphatic heterocycles. The Morgan fingerprint density at radius 2 is 2.00 bits per heavy atom. The molecule has 1 aromatic heterocycles. The summed E-state index contributed by atoms with van der Waals surface area (Å²) in [6.07, 6.45) is 7.93. The summed E-state index contributed by atoms with van der Waals surface area (Å²) in [5, 5.41) is 1.18. The highest BCUT2D eigenvalue weighted by molar-refractivity contribution is 5.97. The van der Waals surface area contributed by atoms with Crippen LogP contribution in [0.4, 0.5) is 0 Å². The van der Waals surface area contributed by atoms with Gasteiger partial charge in [-0.15, -0.1) is 12.3 Å². The highest BCUT2D eigenvalue weighted by Crippen LogP contribution is 2.24. The van der Waals surface area contributed by atoms with E-state index in [1.165, 1.54) is 12.2 Å². The summed E-state index contributed by atoms with van der Waals surface area (Å²) < 4.78 is 5.72. The molecule has 0 aliphatic rings. The van der Waals surface area contributed by atoms with Crippen LogP contribution in [0.15, 0.2) is 42.5 Å². The average molecular weight is 377 g/mol. The highest BCUT2D eigenvalue weighted by atomic mass is 16.7. The van der Waals surface area contributed by atoms with Gasteiger partial charge >= 0.3 is 0 Å². The number of benzene rings is 2. The molecule has 0 fully saturated rings. The second-order valence-electron chi connectivity index (χ2n) is 6.34. The maximum absolute atomic E-state index is 12.2. The van der Waals surface area contributed by atoms with E-state index in [2.05, 4.69) is 15.9 Å². The monoisotopic (exact) mass is 377 g/mol. The number of amides is 1. The predicted octanol–water partition coefficient (Wildman–Crippen LogP) is 4.05. The first-order valence-electron chi connectivity index (χ1n) is 9.11. The van der Waals surface area contributed by atoms with Crippen molar-refractivity contribution in [2.45, 2.75) is 19.3 Å². The van der Waals surface area contributed by atoms with Crippen LogP contribution in [0.25, 0.3) is 22.4 Å². The van der Waals surface area contributed by atoms with Gasteiger partial charge in [0.25, 0.3) is 5.91 Å². The average Bonchev–Trinajstić information content (AvgIpc) is 3.16. The minimum absolute atomic E-state index is 0.218. The van der Waals surface area contributed by atoms with Crippen molar-refractivity contribution in [3.8, 4) is 29.5 Å².